The third kappa shape index (κ3) is 4.83. The van der Waals surface area contributed by atoms with Gasteiger partial charge in [0.2, 0.25) is 0 Å². The lowest BCUT2D eigenvalue weighted by molar-refractivity contribution is 0.0162. The second-order valence-corrected chi connectivity index (χ2v) is 7.73. The normalized spacial score (nSPS) is 19.6. The second-order valence-electron chi connectivity index (χ2n) is 6.78. The van der Waals surface area contributed by atoms with Crippen LogP contribution in [0.2, 0.25) is 0 Å². The quantitative estimate of drug-likeness (QED) is 0.769. The monoisotopic (exact) mass is 323 g/mol. The van der Waals surface area contributed by atoms with E-state index in [-0.39, 0.29) is 17.9 Å². The minimum atomic E-state index is -0.508. The topological polar surface area (TPSA) is 46.6 Å². The van der Waals surface area contributed by atoms with Crippen LogP contribution in [0.1, 0.15) is 62.5 Å². The Kier molecular flexibility index (Phi) is 5.62. The van der Waals surface area contributed by atoms with Crippen LogP contribution in [0.3, 0.4) is 0 Å². The number of Topliss-reactive ketones (excluding diaryl/α,β-unsaturated/α-hetero) is 1. The van der Waals surface area contributed by atoms with Crippen molar-refractivity contribution in [1.82, 2.24) is 4.90 Å². The van der Waals surface area contributed by atoms with E-state index in [9.17, 15) is 9.59 Å². The highest BCUT2D eigenvalue weighted by Gasteiger charge is 2.31. The number of ether oxygens (including phenoxy) is 1. The van der Waals surface area contributed by atoms with Crippen molar-refractivity contribution in [3.05, 3.63) is 22.4 Å². The Morgan fingerprint density at radius 2 is 2.09 bits per heavy atom. The van der Waals surface area contributed by atoms with Gasteiger partial charge in [0.15, 0.2) is 5.78 Å². The molecule has 0 radical (unpaired) electrons. The molecule has 1 aromatic heterocycles. The maximum Gasteiger partial charge on any atom is 0.410 e. The molecule has 0 N–H and O–H groups in total. The van der Waals surface area contributed by atoms with Crippen LogP contribution >= 0.6 is 11.3 Å². The van der Waals surface area contributed by atoms with E-state index in [1.807, 2.05) is 38.3 Å². The molecule has 4 nitrogen and oxygen atoms in total. The van der Waals surface area contributed by atoms with Crippen LogP contribution in [0.5, 0.6) is 0 Å². The van der Waals surface area contributed by atoms with Crippen LogP contribution in [-0.4, -0.2) is 35.0 Å². The molecular weight excluding hydrogens is 298 g/mol. The molecule has 0 spiro atoms. The third-order valence-electron chi connectivity index (χ3n) is 3.72. The largest absolute Gasteiger partial charge is 0.444 e. The van der Waals surface area contributed by atoms with Gasteiger partial charge >= 0.3 is 6.09 Å². The number of thiophene rings is 1. The standard InChI is InChI=1S/C17H25NO3S/c1-17(2,3)21-16(20)18-10-6-4-5-8-13(18)12-14(19)15-9-7-11-22-15/h7,9,11,13H,4-6,8,10,12H2,1-3H3/t13-/m1/s1. The SMILES string of the molecule is CC(C)(C)OC(=O)N1CCCCC[C@@H]1CC(=O)c1cccs1. The van der Waals surface area contributed by atoms with Crippen LogP contribution in [0, 0.1) is 0 Å². The predicted octanol–water partition coefficient (Wildman–Crippen LogP) is 4.50. The highest BCUT2D eigenvalue weighted by Crippen LogP contribution is 2.24. The Labute approximate surface area is 136 Å². The number of hydrogen-bond donors (Lipinski definition) is 0. The molecule has 2 heterocycles. The fourth-order valence-electron chi connectivity index (χ4n) is 2.70. The smallest absolute Gasteiger partial charge is 0.410 e. The first-order valence-corrected chi connectivity index (χ1v) is 8.81. The lowest BCUT2D eigenvalue weighted by atomic mass is 10.0. The summed E-state index contributed by atoms with van der Waals surface area (Å²) in [6.07, 6.45) is 4.10. The van der Waals surface area contributed by atoms with E-state index in [4.69, 9.17) is 4.74 Å². The van der Waals surface area contributed by atoms with E-state index < -0.39 is 5.60 Å². The maximum atomic E-state index is 12.4. The molecule has 0 unspecified atom stereocenters. The van der Waals surface area contributed by atoms with Crippen LogP contribution in [0.15, 0.2) is 17.5 Å². The van der Waals surface area contributed by atoms with E-state index in [1.54, 1.807) is 4.90 Å². The lowest BCUT2D eigenvalue weighted by Gasteiger charge is -2.32. The molecule has 0 aromatic carbocycles. The number of rotatable bonds is 3. The fourth-order valence-corrected chi connectivity index (χ4v) is 3.38. The number of carbonyl (C=O) groups excluding carboxylic acids is 2. The van der Waals surface area contributed by atoms with E-state index in [2.05, 4.69) is 0 Å². The zero-order chi connectivity index (χ0) is 16.2. The molecule has 5 heteroatoms. The maximum absolute atomic E-state index is 12.4. The van der Waals surface area contributed by atoms with Crippen LogP contribution in [0.25, 0.3) is 0 Å². The van der Waals surface area contributed by atoms with Gasteiger partial charge in [-0.3, -0.25) is 4.79 Å². The van der Waals surface area contributed by atoms with Gasteiger partial charge < -0.3 is 9.64 Å². The van der Waals surface area contributed by atoms with Crippen LogP contribution in [-0.2, 0) is 4.74 Å². The molecule has 122 valence electrons. The summed E-state index contributed by atoms with van der Waals surface area (Å²) in [5, 5.41) is 1.91. The molecule has 1 atom stereocenters. The molecular formula is C17H25NO3S. The molecule has 1 aliphatic rings. The van der Waals surface area contributed by atoms with E-state index in [0.717, 1.165) is 30.6 Å². The molecule has 1 saturated heterocycles. The summed E-state index contributed by atoms with van der Waals surface area (Å²) in [7, 11) is 0. The number of likely N-dealkylation sites (tertiary alicyclic amines) is 1. The molecule has 22 heavy (non-hydrogen) atoms. The fraction of sp³-hybridized carbons (Fsp3) is 0.647. The van der Waals surface area contributed by atoms with Gasteiger partial charge in [0.25, 0.3) is 0 Å². The first-order chi connectivity index (χ1) is 10.4. The summed E-state index contributed by atoms with van der Waals surface area (Å²) in [4.78, 5) is 27.4. The Bertz CT molecular complexity index is 504. The summed E-state index contributed by atoms with van der Waals surface area (Å²) in [5.41, 5.74) is -0.508. The van der Waals surface area contributed by atoms with Crippen molar-refractivity contribution in [1.29, 1.82) is 0 Å². The molecule has 1 aliphatic heterocycles. The summed E-state index contributed by atoms with van der Waals surface area (Å²) in [5.74, 6) is 0.121. The zero-order valence-electron chi connectivity index (χ0n) is 13.6. The van der Waals surface area contributed by atoms with Gasteiger partial charge in [-0.05, 0) is 45.1 Å². The van der Waals surface area contributed by atoms with Crippen molar-refractivity contribution in [2.45, 2.75) is 64.5 Å². The van der Waals surface area contributed by atoms with Gasteiger partial charge in [0.05, 0.1) is 4.88 Å². The van der Waals surface area contributed by atoms with Crippen molar-refractivity contribution >= 4 is 23.2 Å². The average molecular weight is 323 g/mol. The first-order valence-electron chi connectivity index (χ1n) is 7.93. The average Bonchev–Trinajstić information content (AvgIpc) is 2.84. The highest BCUT2D eigenvalue weighted by molar-refractivity contribution is 7.12. The Morgan fingerprint density at radius 1 is 1.32 bits per heavy atom. The van der Waals surface area contributed by atoms with E-state index in [1.165, 1.54) is 11.3 Å². The van der Waals surface area contributed by atoms with Crippen LogP contribution < -0.4 is 0 Å². The highest BCUT2D eigenvalue weighted by atomic mass is 32.1. The van der Waals surface area contributed by atoms with E-state index in [0.29, 0.717) is 13.0 Å². The van der Waals surface area contributed by atoms with Gasteiger partial charge in [-0.25, -0.2) is 4.79 Å². The van der Waals surface area contributed by atoms with E-state index >= 15 is 0 Å². The van der Waals surface area contributed by atoms with Gasteiger partial charge in [-0.2, -0.15) is 0 Å². The minimum absolute atomic E-state index is 0.0491. The van der Waals surface area contributed by atoms with Crippen LogP contribution in [0.4, 0.5) is 4.79 Å². The van der Waals surface area contributed by atoms with Gasteiger partial charge in [0.1, 0.15) is 5.60 Å². The molecule has 0 bridgehead atoms. The number of carbonyl (C=O) groups is 2. The van der Waals surface area contributed by atoms with Crippen molar-refractivity contribution < 1.29 is 14.3 Å². The van der Waals surface area contributed by atoms with Gasteiger partial charge in [0, 0.05) is 19.0 Å². The van der Waals surface area contributed by atoms with Crippen molar-refractivity contribution in [3.63, 3.8) is 0 Å². The molecule has 1 amide bonds. The minimum Gasteiger partial charge on any atom is -0.444 e. The van der Waals surface area contributed by atoms with Gasteiger partial charge in [-0.1, -0.05) is 18.9 Å². The number of nitrogens with zero attached hydrogens (tertiary/aromatic N) is 1. The lowest BCUT2D eigenvalue weighted by Crippen LogP contribution is -2.44. The summed E-state index contributed by atoms with van der Waals surface area (Å²) in [6.45, 7) is 6.29. The Hall–Kier alpha value is -1.36. The molecule has 0 aliphatic carbocycles. The molecule has 1 fully saturated rings. The number of amides is 1. The zero-order valence-corrected chi connectivity index (χ0v) is 14.4. The molecule has 1 aromatic rings. The summed E-state index contributed by atoms with van der Waals surface area (Å²) < 4.78 is 5.51. The molecule has 0 saturated carbocycles. The summed E-state index contributed by atoms with van der Waals surface area (Å²) >= 11 is 1.46. The Morgan fingerprint density at radius 3 is 2.73 bits per heavy atom. The number of ketones is 1. The predicted molar refractivity (Wildman–Crippen MR) is 88.5 cm³/mol. The second kappa shape index (κ2) is 7.27. The van der Waals surface area contributed by atoms with Crippen molar-refractivity contribution in [2.75, 3.05) is 6.54 Å². The number of hydrogen-bond acceptors (Lipinski definition) is 4. The molecule has 2 rings (SSSR count). The van der Waals surface area contributed by atoms with Crippen molar-refractivity contribution in [3.8, 4) is 0 Å². The Balaban J connectivity index is 2.07. The van der Waals surface area contributed by atoms with Crippen molar-refractivity contribution in [2.24, 2.45) is 0 Å². The van der Waals surface area contributed by atoms with Gasteiger partial charge in [-0.15, -0.1) is 11.3 Å². The third-order valence-corrected chi connectivity index (χ3v) is 4.63. The first kappa shape index (κ1) is 17.0. The summed E-state index contributed by atoms with van der Waals surface area (Å²) in [6, 6.07) is 3.69.